The van der Waals surface area contributed by atoms with Gasteiger partial charge >= 0.3 is 0 Å². The summed E-state index contributed by atoms with van der Waals surface area (Å²) in [6, 6.07) is 12.2. The Morgan fingerprint density at radius 1 is 1.14 bits per heavy atom. The van der Waals surface area contributed by atoms with E-state index in [1.54, 1.807) is 42.1 Å². The SMILES string of the molecule is CN(CCOc1ccccc1F)C(=O)c1nn(-c2ccc(F)cc2)c2c1CCC2. The molecule has 1 aliphatic rings. The van der Waals surface area contributed by atoms with Crippen molar-refractivity contribution in [1.29, 1.82) is 0 Å². The van der Waals surface area contributed by atoms with Crippen molar-refractivity contribution < 1.29 is 18.3 Å². The molecule has 0 aliphatic heterocycles. The van der Waals surface area contributed by atoms with E-state index in [1.165, 1.54) is 23.1 Å². The summed E-state index contributed by atoms with van der Waals surface area (Å²) in [7, 11) is 1.67. The number of carbonyl (C=O) groups is 1. The van der Waals surface area contributed by atoms with Crippen LogP contribution >= 0.6 is 0 Å². The van der Waals surface area contributed by atoms with Crippen molar-refractivity contribution in [1.82, 2.24) is 14.7 Å². The monoisotopic (exact) mass is 397 g/mol. The Morgan fingerprint density at radius 3 is 2.66 bits per heavy atom. The summed E-state index contributed by atoms with van der Waals surface area (Å²) >= 11 is 0. The molecule has 150 valence electrons. The van der Waals surface area contributed by atoms with Gasteiger partial charge in [0.25, 0.3) is 5.91 Å². The second-order valence-corrected chi connectivity index (χ2v) is 7.02. The molecule has 0 saturated carbocycles. The van der Waals surface area contributed by atoms with Gasteiger partial charge in [-0.2, -0.15) is 5.10 Å². The minimum atomic E-state index is -0.433. The van der Waals surface area contributed by atoms with Gasteiger partial charge in [0.05, 0.1) is 12.2 Å². The third kappa shape index (κ3) is 3.85. The van der Waals surface area contributed by atoms with Crippen LogP contribution in [0.5, 0.6) is 5.75 Å². The molecule has 4 rings (SSSR count). The van der Waals surface area contributed by atoms with Gasteiger partial charge < -0.3 is 9.64 Å². The predicted octanol–water partition coefficient (Wildman–Crippen LogP) is 3.79. The number of nitrogens with zero attached hydrogens (tertiary/aromatic N) is 3. The summed E-state index contributed by atoms with van der Waals surface area (Å²) in [6.07, 6.45) is 2.57. The molecule has 7 heteroatoms. The summed E-state index contributed by atoms with van der Waals surface area (Å²) < 4.78 is 34.1. The average Bonchev–Trinajstić information content (AvgIpc) is 3.32. The molecule has 0 spiro atoms. The lowest BCUT2D eigenvalue weighted by Gasteiger charge is -2.17. The number of hydrogen-bond donors (Lipinski definition) is 0. The van der Waals surface area contributed by atoms with Gasteiger partial charge in [0.1, 0.15) is 12.4 Å². The van der Waals surface area contributed by atoms with E-state index in [2.05, 4.69) is 5.10 Å². The normalized spacial score (nSPS) is 12.7. The molecule has 0 fully saturated rings. The number of halogens is 2. The summed E-state index contributed by atoms with van der Waals surface area (Å²) in [5.74, 6) is -0.795. The first-order valence-corrected chi connectivity index (χ1v) is 9.54. The molecule has 0 radical (unpaired) electrons. The largest absolute Gasteiger partial charge is 0.489 e. The molecule has 2 aromatic carbocycles. The van der Waals surface area contributed by atoms with E-state index in [4.69, 9.17) is 4.74 Å². The summed E-state index contributed by atoms with van der Waals surface area (Å²) in [5, 5.41) is 4.54. The molecule has 1 aromatic heterocycles. The highest BCUT2D eigenvalue weighted by Crippen LogP contribution is 2.28. The molecule has 3 aromatic rings. The molecule has 5 nitrogen and oxygen atoms in total. The van der Waals surface area contributed by atoms with Crippen LogP contribution in [-0.4, -0.2) is 40.8 Å². The second kappa shape index (κ2) is 8.03. The molecule has 1 heterocycles. The summed E-state index contributed by atoms with van der Waals surface area (Å²) in [6.45, 7) is 0.468. The number of aromatic nitrogens is 2. The number of carbonyl (C=O) groups excluding carboxylic acids is 1. The highest BCUT2D eigenvalue weighted by atomic mass is 19.1. The Morgan fingerprint density at radius 2 is 1.90 bits per heavy atom. The third-order valence-electron chi connectivity index (χ3n) is 5.07. The fraction of sp³-hybridized carbons (Fsp3) is 0.273. The van der Waals surface area contributed by atoms with Gasteiger partial charge in [0.2, 0.25) is 0 Å². The number of benzene rings is 2. The molecular formula is C22H21F2N3O2. The molecule has 0 bridgehead atoms. The third-order valence-corrected chi connectivity index (χ3v) is 5.07. The zero-order chi connectivity index (χ0) is 20.4. The Hall–Kier alpha value is -3.22. The van der Waals surface area contributed by atoms with Gasteiger partial charge in [-0.3, -0.25) is 4.79 Å². The minimum Gasteiger partial charge on any atom is -0.489 e. The standard InChI is InChI=1S/C22H21F2N3O2/c1-26(13-14-29-20-8-3-2-6-18(20)24)22(28)21-17-5-4-7-19(17)27(25-21)16-11-9-15(23)10-12-16/h2-3,6,8-12H,4-5,7,13-14H2,1H3. The summed E-state index contributed by atoms with van der Waals surface area (Å²) in [4.78, 5) is 14.5. The second-order valence-electron chi connectivity index (χ2n) is 7.02. The van der Waals surface area contributed by atoms with Crippen LogP contribution in [0.4, 0.5) is 8.78 Å². The fourth-order valence-corrected chi connectivity index (χ4v) is 3.54. The zero-order valence-corrected chi connectivity index (χ0v) is 16.1. The van der Waals surface area contributed by atoms with Crippen LogP contribution in [0.25, 0.3) is 5.69 Å². The van der Waals surface area contributed by atoms with Gasteiger partial charge in [0, 0.05) is 18.3 Å². The Labute approximate surface area is 167 Å². The van der Waals surface area contributed by atoms with Gasteiger partial charge in [-0.1, -0.05) is 12.1 Å². The molecule has 29 heavy (non-hydrogen) atoms. The van der Waals surface area contributed by atoms with Crippen LogP contribution in [0, 0.1) is 11.6 Å². The lowest BCUT2D eigenvalue weighted by molar-refractivity contribution is 0.0765. The van der Waals surface area contributed by atoms with Crippen LogP contribution in [0.3, 0.4) is 0 Å². The first-order valence-electron chi connectivity index (χ1n) is 9.54. The van der Waals surface area contributed by atoms with Crippen molar-refractivity contribution in [3.8, 4) is 11.4 Å². The smallest absolute Gasteiger partial charge is 0.274 e. The van der Waals surface area contributed by atoms with Gasteiger partial charge in [-0.25, -0.2) is 13.5 Å². The number of amides is 1. The molecule has 0 saturated heterocycles. The van der Waals surface area contributed by atoms with Crippen molar-refractivity contribution in [2.45, 2.75) is 19.3 Å². The molecular weight excluding hydrogens is 376 g/mol. The van der Waals surface area contributed by atoms with Crippen LogP contribution in [-0.2, 0) is 12.8 Å². The topological polar surface area (TPSA) is 47.4 Å². The van der Waals surface area contributed by atoms with Gasteiger partial charge in [-0.15, -0.1) is 0 Å². The fourth-order valence-electron chi connectivity index (χ4n) is 3.54. The van der Waals surface area contributed by atoms with E-state index in [-0.39, 0.29) is 24.1 Å². The number of fused-ring (bicyclic) bond motifs is 1. The van der Waals surface area contributed by atoms with Gasteiger partial charge in [-0.05, 0) is 55.7 Å². The Bertz CT molecular complexity index is 1030. The van der Waals surface area contributed by atoms with Crippen LogP contribution < -0.4 is 4.74 Å². The maximum atomic E-state index is 13.6. The minimum absolute atomic E-state index is 0.162. The van der Waals surface area contributed by atoms with E-state index in [0.29, 0.717) is 12.2 Å². The molecule has 0 atom stereocenters. The zero-order valence-electron chi connectivity index (χ0n) is 16.1. The van der Waals surface area contributed by atoms with Crippen molar-refractivity contribution in [2.75, 3.05) is 20.2 Å². The van der Waals surface area contributed by atoms with E-state index >= 15 is 0 Å². The Kier molecular flexibility index (Phi) is 5.29. The number of likely N-dealkylation sites (N-methyl/N-ethyl adjacent to an activating group) is 1. The molecule has 1 amide bonds. The van der Waals surface area contributed by atoms with Crippen LogP contribution in [0.1, 0.15) is 28.2 Å². The number of rotatable bonds is 6. The van der Waals surface area contributed by atoms with Crippen LogP contribution in [0.15, 0.2) is 48.5 Å². The predicted molar refractivity (Wildman–Crippen MR) is 104 cm³/mol. The highest BCUT2D eigenvalue weighted by molar-refractivity contribution is 5.94. The Balaban J connectivity index is 1.49. The number of ether oxygens (including phenoxy) is 1. The first-order chi connectivity index (χ1) is 14.0. The van der Waals surface area contributed by atoms with E-state index < -0.39 is 5.82 Å². The van der Waals surface area contributed by atoms with Crippen molar-refractivity contribution in [3.63, 3.8) is 0 Å². The number of hydrogen-bond acceptors (Lipinski definition) is 3. The highest BCUT2D eigenvalue weighted by Gasteiger charge is 2.28. The maximum Gasteiger partial charge on any atom is 0.274 e. The quantitative estimate of drug-likeness (QED) is 0.636. The average molecular weight is 397 g/mol. The summed E-state index contributed by atoms with van der Waals surface area (Å²) in [5.41, 5.74) is 3.08. The molecule has 0 unspecified atom stereocenters. The van der Waals surface area contributed by atoms with Crippen molar-refractivity contribution in [3.05, 3.63) is 77.1 Å². The van der Waals surface area contributed by atoms with E-state index in [9.17, 15) is 13.6 Å². The lowest BCUT2D eigenvalue weighted by Crippen LogP contribution is -2.32. The molecule has 0 N–H and O–H groups in total. The maximum absolute atomic E-state index is 13.6. The van der Waals surface area contributed by atoms with Gasteiger partial charge in [0.15, 0.2) is 17.3 Å². The molecule has 1 aliphatic carbocycles. The van der Waals surface area contributed by atoms with E-state index in [0.717, 1.165) is 36.2 Å². The lowest BCUT2D eigenvalue weighted by atomic mass is 10.2. The first kappa shape index (κ1) is 19.1. The van der Waals surface area contributed by atoms with Crippen molar-refractivity contribution >= 4 is 5.91 Å². The van der Waals surface area contributed by atoms with E-state index in [1.807, 2.05) is 0 Å². The van der Waals surface area contributed by atoms with Crippen LogP contribution in [0.2, 0.25) is 0 Å². The number of para-hydroxylation sites is 1. The van der Waals surface area contributed by atoms with Crippen molar-refractivity contribution in [2.24, 2.45) is 0 Å².